The normalized spacial score (nSPS) is 19.7. The average molecular weight is 391 g/mol. The van der Waals surface area contributed by atoms with Crippen molar-refractivity contribution in [2.45, 2.75) is 32.2 Å². The first-order valence-electron chi connectivity index (χ1n) is 9.41. The molecule has 3 heterocycles. The van der Waals surface area contributed by atoms with Crippen molar-refractivity contribution in [3.05, 3.63) is 34.0 Å². The number of nitrogens with zero attached hydrogens (tertiary/aromatic N) is 2. The third-order valence-electron chi connectivity index (χ3n) is 4.89. The smallest absolute Gasteiger partial charge is 0.317 e. The van der Waals surface area contributed by atoms with Crippen molar-refractivity contribution in [1.29, 1.82) is 0 Å². The third-order valence-corrected chi connectivity index (χ3v) is 6.08. The minimum absolute atomic E-state index is 0.0719. The first kappa shape index (κ1) is 19.4. The number of carbonyl (C=O) groups excluding carboxylic acids is 3. The van der Waals surface area contributed by atoms with E-state index in [4.69, 9.17) is 0 Å². The third kappa shape index (κ3) is 4.68. The highest BCUT2D eigenvalue weighted by Crippen LogP contribution is 2.36. The van der Waals surface area contributed by atoms with Gasteiger partial charge in [-0.1, -0.05) is 12.2 Å². The molecule has 7 nitrogen and oxygen atoms in total. The summed E-state index contributed by atoms with van der Waals surface area (Å²) in [4.78, 5) is 41.6. The topological polar surface area (TPSA) is 81.8 Å². The van der Waals surface area contributed by atoms with Crippen LogP contribution in [0.15, 0.2) is 24.3 Å². The Morgan fingerprint density at radius 3 is 2.96 bits per heavy atom. The largest absolute Gasteiger partial charge is 0.350 e. The van der Waals surface area contributed by atoms with Crippen molar-refractivity contribution in [2.75, 3.05) is 32.7 Å². The molecule has 0 bridgehead atoms. The van der Waals surface area contributed by atoms with Crippen LogP contribution >= 0.6 is 11.3 Å². The van der Waals surface area contributed by atoms with E-state index in [-0.39, 0.29) is 23.9 Å². The van der Waals surface area contributed by atoms with Gasteiger partial charge in [0.2, 0.25) is 5.91 Å². The van der Waals surface area contributed by atoms with Gasteiger partial charge in [0.15, 0.2) is 0 Å². The number of amides is 4. The number of likely N-dealkylation sites (tertiary alicyclic amines) is 1. The maximum absolute atomic E-state index is 12.4. The van der Waals surface area contributed by atoms with Crippen LogP contribution in [0.1, 0.15) is 46.8 Å². The Hall–Kier alpha value is -2.35. The fourth-order valence-corrected chi connectivity index (χ4v) is 4.54. The highest BCUT2D eigenvalue weighted by atomic mass is 32.1. The van der Waals surface area contributed by atoms with Gasteiger partial charge in [0, 0.05) is 44.0 Å². The lowest BCUT2D eigenvalue weighted by molar-refractivity contribution is -0.131. The Bertz CT molecular complexity index is 730. The maximum atomic E-state index is 12.4. The molecule has 2 fully saturated rings. The van der Waals surface area contributed by atoms with Crippen molar-refractivity contribution in [3.63, 3.8) is 0 Å². The van der Waals surface area contributed by atoms with Crippen LogP contribution in [-0.2, 0) is 4.79 Å². The number of rotatable bonds is 7. The molecule has 2 aliphatic rings. The number of urea groups is 1. The molecule has 1 aromatic heterocycles. The van der Waals surface area contributed by atoms with Crippen molar-refractivity contribution < 1.29 is 14.4 Å². The molecule has 2 saturated heterocycles. The van der Waals surface area contributed by atoms with E-state index in [0.29, 0.717) is 37.5 Å². The van der Waals surface area contributed by atoms with Crippen LogP contribution in [0.3, 0.4) is 0 Å². The summed E-state index contributed by atoms with van der Waals surface area (Å²) < 4.78 is 0. The molecule has 1 atom stereocenters. The SMILES string of the molecule is C/C=C/CC(=O)N1CCCC1c1ccc(C(=O)NCCN2CCNC2=O)s1. The van der Waals surface area contributed by atoms with Gasteiger partial charge in [-0.2, -0.15) is 0 Å². The van der Waals surface area contributed by atoms with Crippen molar-refractivity contribution in [1.82, 2.24) is 20.4 Å². The van der Waals surface area contributed by atoms with Crippen LogP contribution in [0, 0.1) is 0 Å². The van der Waals surface area contributed by atoms with Crippen LogP contribution in [0.2, 0.25) is 0 Å². The fourth-order valence-electron chi connectivity index (χ4n) is 3.47. The van der Waals surface area contributed by atoms with Crippen LogP contribution in [0.5, 0.6) is 0 Å². The van der Waals surface area contributed by atoms with Crippen LogP contribution < -0.4 is 10.6 Å². The summed E-state index contributed by atoms with van der Waals surface area (Å²) in [5, 5.41) is 5.61. The number of allylic oxidation sites excluding steroid dienone is 1. The van der Waals surface area contributed by atoms with E-state index >= 15 is 0 Å². The van der Waals surface area contributed by atoms with Gasteiger partial charge in [0.05, 0.1) is 10.9 Å². The number of hydrogen-bond acceptors (Lipinski definition) is 4. The lowest BCUT2D eigenvalue weighted by atomic mass is 10.2. The van der Waals surface area contributed by atoms with E-state index in [0.717, 1.165) is 24.3 Å². The van der Waals surface area contributed by atoms with E-state index in [9.17, 15) is 14.4 Å². The molecule has 1 aromatic rings. The van der Waals surface area contributed by atoms with Crippen LogP contribution in [0.4, 0.5) is 4.79 Å². The second-order valence-electron chi connectivity index (χ2n) is 6.70. The zero-order valence-corrected chi connectivity index (χ0v) is 16.4. The van der Waals surface area contributed by atoms with Gasteiger partial charge in [0.1, 0.15) is 0 Å². The summed E-state index contributed by atoms with van der Waals surface area (Å²) in [7, 11) is 0. The minimum atomic E-state index is -0.129. The van der Waals surface area contributed by atoms with Gasteiger partial charge < -0.3 is 20.4 Å². The molecule has 2 N–H and O–H groups in total. The summed E-state index contributed by atoms with van der Waals surface area (Å²) in [5.74, 6) is 0.00883. The first-order chi connectivity index (χ1) is 13.1. The number of thiophene rings is 1. The molecule has 0 radical (unpaired) electrons. The van der Waals surface area contributed by atoms with Gasteiger partial charge in [-0.3, -0.25) is 9.59 Å². The molecule has 3 rings (SSSR count). The van der Waals surface area contributed by atoms with Crippen molar-refractivity contribution >= 4 is 29.2 Å². The zero-order chi connectivity index (χ0) is 19.2. The van der Waals surface area contributed by atoms with Gasteiger partial charge in [-0.25, -0.2) is 4.79 Å². The van der Waals surface area contributed by atoms with Gasteiger partial charge in [-0.05, 0) is 31.9 Å². The van der Waals surface area contributed by atoms with E-state index in [1.165, 1.54) is 11.3 Å². The molecule has 0 aromatic carbocycles. The van der Waals surface area contributed by atoms with Crippen LogP contribution in [-0.4, -0.2) is 60.4 Å². The van der Waals surface area contributed by atoms with E-state index in [1.807, 2.05) is 36.1 Å². The molecule has 0 saturated carbocycles. The quantitative estimate of drug-likeness (QED) is 0.700. The Morgan fingerprint density at radius 2 is 2.22 bits per heavy atom. The standard InChI is InChI=1S/C19H26N4O3S/c1-2-3-6-17(24)23-11-4-5-14(23)15-7-8-16(27-15)18(25)20-9-12-22-13-10-21-19(22)26/h2-3,7-8,14H,4-6,9-13H2,1H3,(H,20,25)(H,21,26)/b3-2+. The second kappa shape index (κ2) is 9.03. The molecule has 8 heteroatoms. The molecule has 0 spiro atoms. The van der Waals surface area contributed by atoms with E-state index in [2.05, 4.69) is 10.6 Å². The average Bonchev–Trinajstić information content (AvgIpc) is 3.40. The van der Waals surface area contributed by atoms with Crippen LogP contribution in [0.25, 0.3) is 0 Å². The lowest BCUT2D eigenvalue weighted by Gasteiger charge is -2.23. The summed E-state index contributed by atoms with van der Waals surface area (Å²) in [6.07, 6.45) is 6.13. The molecule has 0 aliphatic carbocycles. The van der Waals surface area contributed by atoms with Crippen molar-refractivity contribution in [3.8, 4) is 0 Å². The Balaban J connectivity index is 1.54. The molecule has 146 valence electrons. The second-order valence-corrected chi connectivity index (χ2v) is 7.81. The Labute approximate surface area is 163 Å². The monoisotopic (exact) mass is 390 g/mol. The van der Waals surface area contributed by atoms with Gasteiger partial charge in [-0.15, -0.1) is 11.3 Å². The van der Waals surface area contributed by atoms with Gasteiger partial charge >= 0.3 is 6.03 Å². The Morgan fingerprint density at radius 1 is 1.37 bits per heavy atom. The Kier molecular flexibility index (Phi) is 6.49. The zero-order valence-electron chi connectivity index (χ0n) is 15.6. The first-order valence-corrected chi connectivity index (χ1v) is 10.2. The number of hydrogen-bond donors (Lipinski definition) is 2. The summed E-state index contributed by atoms with van der Waals surface area (Å²) >= 11 is 1.45. The highest BCUT2D eigenvalue weighted by molar-refractivity contribution is 7.14. The molecular weight excluding hydrogens is 364 g/mol. The summed E-state index contributed by atoms with van der Waals surface area (Å²) in [6, 6.07) is 3.78. The fraction of sp³-hybridized carbons (Fsp3) is 0.526. The van der Waals surface area contributed by atoms with E-state index < -0.39 is 0 Å². The number of carbonyl (C=O) groups is 3. The molecule has 1 unspecified atom stereocenters. The summed E-state index contributed by atoms with van der Waals surface area (Å²) in [5.41, 5.74) is 0. The predicted octanol–water partition coefficient (Wildman–Crippen LogP) is 2.13. The lowest BCUT2D eigenvalue weighted by Crippen LogP contribution is -2.36. The predicted molar refractivity (Wildman–Crippen MR) is 105 cm³/mol. The van der Waals surface area contributed by atoms with Crippen molar-refractivity contribution in [2.24, 2.45) is 0 Å². The van der Waals surface area contributed by atoms with E-state index in [1.54, 1.807) is 4.90 Å². The minimum Gasteiger partial charge on any atom is -0.350 e. The molecular formula is C19H26N4O3S. The molecule has 27 heavy (non-hydrogen) atoms. The highest BCUT2D eigenvalue weighted by Gasteiger charge is 2.30. The number of nitrogens with one attached hydrogen (secondary N) is 2. The maximum Gasteiger partial charge on any atom is 0.317 e. The molecule has 4 amide bonds. The molecule has 2 aliphatic heterocycles. The summed E-state index contributed by atoms with van der Waals surface area (Å²) in [6.45, 7) is 4.96. The van der Waals surface area contributed by atoms with Gasteiger partial charge in [0.25, 0.3) is 5.91 Å².